The van der Waals surface area contributed by atoms with Gasteiger partial charge in [0.2, 0.25) is 5.91 Å². The number of anilines is 1. The molecule has 1 aromatic carbocycles. The molecule has 148 valence electrons. The number of methoxy groups -OCH3 is 1. The molecular formula is C20H18ClN5O3. The maximum absolute atomic E-state index is 13.1. The van der Waals surface area contributed by atoms with Gasteiger partial charge in [-0.15, -0.1) is 0 Å². The number of ether oxygens (including phenoxy) is 1. The zero-order valence-corrected chi connectivity index (χ0v) is 16.4. The molecule has 1 N–H and O–H groups in total. The van der Waals surface area contributed by atoms with Crippen LogP contribution in [0, 0.1) is 0 Å². The van der Waals surface area contributed by atoms with Crippen molar-refractivity contribution in [2.24, 2.45) is 0 Å². The second-order valence-electron chi connectivity index (χ2n) is 6.61. The Bertz CT molecular complexity index is 1120. The van der Waals surface area contributed by atoms with Gasteiger partial charge >= 0.3 is 0 Å². The Kier molecular flexibility index (Phi) is 5.26. The van der Waals surface area contributed by atoms with Crippen molar-refractivity contribution in [2.45, 2.75) is 25.3 Å². The molecule has 1 amide bonds. The summed E-state index contributed by atoms with van der Waals surface area (Å²) in [6, 6.07) is 8.09. The first kappa shape index (κ1) is 19.1. The van der Waals surface area contributed by atoms with Gasteiger partial charge in [0, 0.05) is 29.9 Å². The third kappa shape index (κ3) is 3.84. The minimum Gasteiger partial charge on any atom is -0.495 e. The molecule has 1 aliphatic heterocycles. The maximum Gasteiger partial charge on any atom is 0.254 e. The number of carbonyl (C=O) groups is 1. The molecule has 0 aliphatic carbocycles. The van der Waals surface area contributed by atoms with E-state index in [-0.39, 0.29) is 11.5 Å². The van der Waals surface area contributed by atoms with E-state index in [1.165, 1.54) is 19.5 Å². The molecule has 0 bridgehead atoms. The normalized spacial score (nSPS) is 15.4. The lowest BCUT2D eigenvalue weighted by Crippen LogP contribution is -2.35. The second-order valence-corrected chi connectivity index (χ2v) is 7.05. The number of hydrogen-bond donors (Lipinski definition) is 1. The highest BCUT2D eigenvalue weighted by molar-refractivity contribution is 6.30. The minimum atomic E-state index is -0.571. The first-order valence-corrected chi connectivity index (χ1v) is 9.47. The average Bonchev–Trinajstić information content (AvgIpc) is 2.75. The van der Waals surface area contributed by atoms with Crippen molar-refractivity contribution in [3.63, 3.8) is 0 Å². The minimum absolute atomic E-state index is 0.204. The summed E-state index contributed by atoms with van der Waals surface area (Å²) in [7, 11) is 1.51. The SMILES string of the molecule is COc1cc(Cl)ccc1NC(=O)C1CCCn2c1nc(-c1ccncn1)cc2=O. The molecule has 1 unspecified atom stereocenters. The molecule has 0 radical (unpaired) electrons. The number of halogens is 1. The molecule has 0 saturated carbocycles. The highest BCUT2D eigenvalue weighted by Gasteiger charge is 2.30. The van der Waals surface area contributed by atoms with Gasteiger partial charge in [-0.05, 0) is 31.0 Å². The Labute approximate surface area is 171 Å². The van der Waals surface area contributed by atoms with Gasteiger partial charge in [-0.25, -0.2) is 15.0 Å². The van der Waals surface area contributed by atoms with Gasteiger partial charge in [0.1, 0.15) is 17.9 Å². The Morgan fingerprint density at radius 1 is 1.28 bits per heavy atom. The molecule has 3 aromatic rings. The molecule has 8 nitrogen and oxygen atoms in total. The van der Waals surface area contributed by atoms with E-state index in [9.17, 15) is 9.59 Å². The molecule has 4 rings (SSSR count). The van der Waals surface area contributed by atoms with Crippen LogP contribution in [-0.4, -0.2) is 32.5 Å². The number of nitrogens with one attached hydrogen (secondary N) is 1. The molecule has 1 aliphatic rings. The number of nitrogens with zero attached hydrogens (tertiary/aromatic N) is 4. The van der Waals surface area contributed by atoms with Crippen molar-refractivity contribution in [3.8, 4) is 17.1 Å². The third-order valence-corrected chi connectivity index (χ3v) is 5.04. The Hall–Kier alpha value is -3.26. The van der Waals surface area contributed by atoms with Gasteiger partial charge < -0.3 is 10.1 Å². The lowest BCUT2D eigenvalue weighted by atomic mass is 9.97. The standard InChI is InChI=1S/C20H18ClN5O3/c1-29-17-9-12(21)4-5-15(17)25-20(28)13-3-2-8-26-18(27)10-16(24-19(13)26)14-6-7-22-11-23-14/h4-7,9-11,13H,2-3,8H2,1H3,(H,25,28). The Morgan fingerprint density at radius 2 is 2.14 bits per heavy atom. The van der Waals surface area contributed by atoms with Gasteiger partial charge in [-0.3, -0.25) is 14.2 Å². The monoisotopic (exact) mass is 411 g/mol. The number of benzene rings is 1. The van der Waals surface area contributed by atoms with Crippen LogP contribution >= 0.6 is 11.6 Å². The lowest BCUT2D eigenvalue weighted by molar-refractivity contribution is -0.118. The summed E-state index contributed by atoms with van der Waals surface area (Å²) in [4.78, 5) is 38.3. The van der Waals surface area contributed by atoms with E-state index in [0.29, 0.717) is 53.1 Å². The van der Waals surface area contributed by atoms with Crippen LogP contribution in [0.4, 0.5) is 5.69 Å². The number of amides is 1. The van der Waals surface area contributed by atoms with Gasteiger partial charge in [-0.2, -0.15) is 0 Å². The zero-order valence-electron chi connectivity index (χ0n) is 15.6. The number of aromatic nitrogens is 4. The molecule has 9 heteroatoms. The van der Waals surface area contributed by atoms with E-state index in [1.807, 2.05) is 0 Å². The Balaban J connectivity index is 1.70. The molecule has 2 aromatic heterocycles. The van der Waals surface area contributed by atoms with Crippen LogP contribution in [0.3, 0.4) is 0 Å². The fraction of sp³-hybridized carbons (Fsp3) is 0.250. The van der Waals surface area contributed by atoms with Gasteiger partial charge in [0.15, 0.2) is 0 Å². The summed E-state index contributed by atoms with van der Waals surface area (Å²) < 4.78 is 6.85. The van der Waals surface area contributed by atoms with Crippen molar-refractivity contribution >= 4 is 23.2 Å². The van der Waals surface area contributed by atoms with Crippen LogP contribution in [0.2, 0.25) is 5.02 Å². The predicted molar refractivity (Wildman–Crippen MR) is 108 cm³/mol. The summed E-state index contributed by atoms with van der Waals surface area (Å²) in [6.07, 6.45) is 4.27. The van der Waals surface area contributed by atoms with E-state index < -0.39 is 5.92 Å². The summed E-state index contributed by atoms with van der Waals surface area (Å²) in [5.74, 6) is 0.0639. The number of hydrogen-bond acceptors (Lipinski definition) is 6. The number of fused-ring (bicyclic) bond motifs is 1. The van der Waals surface area contributed by atoms with Gasteiger partial charge in [-0.1, -0.05) is 11.6 Å². The van der Waals surface area contributed by atoms with Crippen molar-refractivity contribution in [1.29, 1.82) is 0 Å². The summed E-state index contributed by atoms with van der Waals surface area (Å²) >= 11 is 5.99. The zero-order chi connectivity index (χ0) is 20.4. The van der Waals surface area contributed by atoms with E-state index in [0.717, 1.165) is 0 Å². The van der Waals surface area contributed by atoms with Gasteiger partial charge in [0.05, 0.1) is 30.1 Å². The molecular weight excluding hydrogens is 394 g/mol. The summed E-state index contributed by atoms with van der Waals surface area (Å²) in [5.41, 5.74) is 1.26. The molecule has 0 saturated heterocycles. The van der Waals surface area contributed by atoms with E-state index >= 15 is 0 Å². The van der Waals surface area contributed by atoms with Crippen LogP contribution in [0.5, 0.6) is 5.75 Å². The van der Waals surface area contributed by atoms with Crippen LogP contribution in [0.25, 0.3) is 11.4 Å². The number of rotatable bonds is 4. The third-order valence-electron chi connectivity index (χ3n) is 4.81. The smallest absolute Gasteiger partial charge is 0.254 e. The molecule has 1 atom stereocenters. The van der Waals surface area contributed by atoms with E-state index in [4.69, 9.17) is 16.3 Å². The Morgan fingerprint density at radius 3 is 2.90 bits per heavy atom. The lowest BCUT2D eigenvalue weighted by Gasteiger charge is -2.25. The quantitative estimate of drug-likeness (QED) is 0.708. The highest BCUT2D eigenvalue weighted by atomic mass is 35.5. The van der Waals surface area contributed by atoms with Crippen LogP contribution < -0.4 is 15.6 Å². The van der Waals surface area contributed by atoms with E-state index in [2.05, 4.69) is 20.3 Å². The molecule has 29 heavy (non-hydrogen) atoms. The summed E-state index contributed by atoms with van der Waals surface area (Å²) in [6.45, 7) is 0.527. The van der Waals surface area contributed by atoms with E-state index in [1.54, 1.807) is 35.0 Å². The first-order valence-electron chi connectivity index (χ1n) is 9.09. The van der Waals surface area contributed by atoms with Crippen molar-refractivity contribution in [3.05, 3.63) is 64.1 Å². The molecule has 0 fully saturated rings. The summed E-state index contributed by atoms with van der Waals surface area (Å²) in [5, 5.41) is 3.38. The number of carbonyl (C=O) groups excluding carboxylic acids is 1. The largest absolute Gasteiger partial charge is 0.495 e. The topological polar surface area (TPSA) is 99.0 Å². The first-order chi connectivity index (χ1) is 14.1. The van der Waals surface area contributed by atoms with Crippen LogP contribution in [0.1, 0.15) is 24.6 Å². The average molecular weight is 412 g/mol. The van der Waals surface area contributed by atoms with Crippen LogP contribution in [0.15, 0.2) is 47.7 Å². The van der Waals surface area contributed by atoms with Crippen molar-refractivity contribution in [2.75, 3.05) is 12.4 Å². The van der Waals surface area contributed by atoms with Crippen molar-refractivity contribution in [1.82, 2.24) is 19.5 Å². The molecule has 0 spiro atoms. The maximum atomic E-state index is 13.1. The predicted octanol–water partition coefficient (Wildman–Crippen LogP) is 2.88. The molecule has 3 heterocycles. The van der Waals surface area contributed by atoms with Crippen molar-refractivity contribution < 1.29 is 9.53 Å². The fourth-order valence-corrected chi connectivity index (χ4v) is 3.57. The highest BCUT2D eigenvalue weighted by Crippen LogP contribution is 2.31. The second kappa shape index (κ2) is 8.00. The van der Waals surface area contributed by atoms with Gasteiger partial charge in [0.25, 0.3) is 5.56 Å². The van der Waals surface area contributed by atoms with Crippen LogP contribution in [-0.2, 0) is 11.3 Å². The fourth-order valence-electron chi connectivity index (χ4n) is 3.41.